The van der Waals surface area contributed by atoms with E-state index in [2.05, 4.69) is 15.3 Å². The molecule has 86 valence electrons. The summed E-state index contributed by atoms with van der Waals surface area (Å²) in [7, 11) is 3.75. The van der Waals surface area contributed by atoms with Crippen LogP contribution in [0.15, 0.2) is 12.4 Å². The number of hydrogen-bond donors (Lipinski definition) is 1. The van der Waals surface area contributed by atoms with Crippen molar-refractivity contribution < 1.29 is 4.79 Å². The Kier molecular flexibility index (Phi) is 3.03. The van der Waals surface area contributed by atoms with Gasteiger partial charge in [0.25, 0.3) is 0 Å². The van der Waals surface area contributed by atoms with Crippen LogP contribution in [-0.2, 0) is 4.79 Å². The molecule has 0 aliphatic heterocycles. The van der Waals surface area contributed by atoms with Gasteiger partial charge in [-0.2, -0.15) is 0 Å². The van der Waals surface area contributed by atoms with Gasteiger partial charge in [0.2, 0.25) is 11.9 Å². The summed E-state index contributed by atoms with van der Waals surface area (Å²) >= 11 is 0. The normalized spacial score (nSPS) is 15.4. The fourth-order valence-electron chi connectivity index (χ4n) is 1.53. The minimum Gasteiger partial charge on any atom is -0.347 e. The molecule has 0 unspecified atom stereocenters. The van der Waals surface area contributed by atoms with Crippen LogP contribution in [0.25, 0.3) is 0 Å². The van der Waals surface area contributed by atoms with E-state index in [0.29, 0.717) is 11.6 Å². The molecule has 1 fully saturated rings. The molecule has 1 heterocycles. The van der Waals surface area contributed by atoms with Crippen LogP contribution in [0, 0.1) is 5.92 Å². The van der Waals surface area contributed by atoms with Gasteiger partial charge < -0.3 is 10.2 Å². The topological polar surface area (TPSA) is 58.1 Å². The van der Waals surface area contributed by atoms with Crippen LogP contribution in [0.3, 0.4) is 0 Å². The SMILES string of the molecule is CN(C)c1ncc(NC(=O)C2CCC2)cn1. The van der Waals surface area contributed by atoms with E-state index >= 15 is 0 Å². The van der Waals surface area contributed by atoms with Gasteiger partial charge in [-0.25, -0.2) is 9.97 Å². The van der Waals surface area contributed by atoms with Crippen LogP contribution in [0.5, 0.6) is 0 Å². The minimum absolute atomic E-state index is 0.0902. The van der Waals surface area contributed by atoms with Crippen molar-refractivity contribution >= 4 is 17.5 Å². The maximum absolute atomic E-state index is 11.6. The van der Waals surface area contributed by atoms with Crippen molar-refractivity contribution in [2.24, 2.45) is 5.92 Å². The smallest absolute Gasteiger partial charge is 0.227 e. The first-order valence-corrected chi connectivity index (χ1v) is 5.47. The Morgan fingerprint density at radius 2 is 2.00 bits per heavy atom. The summed E-state index contributed by atoms with van der Waals surface area (Å²) < 4.78 is 0. The highest BCUT2D eigenvalue weighted by molar-refractivity contribution is 5.92. The molecule has 1 aromatic heterocycles. The lowest BCUT2D eigenvalue weighted by atomic mass is 9.85. The number of anilines is 2. The lowest BCUT2D eigenvalue weighted by Crippen LogP contribution is -2.28. The van der Waals surface area contributed by atoms with E-state index in [1.165, 1.54) is 0 Å². The zero-order valence-electron chi connectivity index (χ0n) is 9.60. The van der Waals surface area contributed by atoms with E-state index in [4.69, 9.17) is 0 Å². The van der Waals surface area contributed by atoms with Crippen molar-refractivity contribution in [3.8, 4) is 0 Å². The summed E-state index contributed by atoms with van der Waals surface area (Å²) in [6, 6.07) is 0. The predicted molar refractivity (Wildman–Crippen MR) is 62.3 cm³/mol. The molecule has 2 rings (SSSR count). The molecule has 0 aromatic carbocycles. The summed E-state index contributed by atoms with van der Waals surface area (Å²) in [6.45, 7) is 0. The Hall–Kier alpha value is -1.65. The monoisotopic (exact) mass is 220 g/mol. The number of hydrogen-bond acceptors (Lipinski definition) is 4. The van der Waals surface area contributed by atoms with Crippen molar-refractivity contribution in [3.63, 3.8) is 0 Å². The largest absolute Gasteiger partial charge is 0.347 e. The quantitative estimate of drug-likeness (QED) is 0.833. The lowest BCUT2D eigenvalue weighted by molar-refractivity contribution is -0.122. The molecule has 0 radical (unpaired) electrons. The van der Waals surface area contributed by atoms with Gasteiger partial charge in [0.15, 0.2) is 0 Å². The first-order chi connectivity index (χ1) is 7.66. The molecule has 1 aliphatic rings. The molecular formula is C11H16N4O. The molecule has 1 aliphatic carbocycles. The van der Waals surface area contributed by atoms with E-state index < -0.39 is 0 Å². The second-order valence-corrected chi connectivity index (χ2v) is 4.28. The molecule has 1 N–H and O–H groups in total. The van der Waals surface area contributed by atoms with Crippen LogP contribution < -0.4 is 10.2 Å². The number of nitrogens with one attached hydrogen (secondary N) is 1. The number of nitrogens with zero attached hydrogens (tertiary/aromatic N) is 3. The third-order valence-corrected chi connectivity index (χ3v) is 2.78. The van der Waals surface area contributed by atoms with E-state index in [0.717, 1.165) is 19.3 Å². The van der Waals surface area contributed by atoms with E-state index in [-0.39, 0.29) is 11.8 Å². The van der Waals surface area contributed by atoms with Gasteiger partial charge in [-0.05, 0) is 12.8 Å². The van der Waals surface area contributed by atoms with Crippen molar-refractivity contribution in [2.45, 2.75) is 19.3 Å². The zero-order chi connectivity index (χ0) is 11.5. The number of carbonyl (C=O) groups is 1. The molecule has 0 saturated heterocycles. The third-order valence-electron chi connectivity index (χ3n) is 2.78. The summed E-state index contributed by atoms with van der Waals surface area (Å²) in [5, 5.41) is 2.83. The molecule has 1 aromatic rings. The molecule has 0 atom stereocenters. The molecule has 16 heavy (non-hydrogen) atoms. The van der Waals surface area contributed by atoms with Gasteiger partial charge >= 0.3 is 0 Å². The number of rotatable bonds is 3. The molecule has 5 heteroatoms. The van der Waals surface area contributed by atoms with Gasteiger partial charge in [-0.1, -0.05) is 6.42 Å². The number of amides is 1. The summed E-state index contributed by atoms with van der Waals surface area (Å²) in [6.07, 6.45) is 6.44. The van der Waals surface area contributed by atoms with E-state index in [1.807, 2.05) is 19.0 Å². The fourth-order valence-corrected chi connectivity index (χ4v) is 1.53. The lowest BCUT2D eigenvalue weighted by Gasteiger charge is -2.23. The standard InChI is InChI=1S/C11H16N4O/c1-15(2)11-12-6-9(7-13-11)14-10(16)8-4-3-5-8/h6-8H,3-5H2,1-2H3,(H,14,16). The summed E-state index contributed by atoms with van der Waals surface area (Å²) in [5.41, 5.74) is 0.669. The molecule has 5 nitrogen and oxygen atoms in total. The first kappa shape index (κ1) is 10.9. The molecule has 0 bridgehead atoms. The van der Waals surface area contributed by atoms with Gasteiger partial charge in [-0.15, -0.1) is 0 Å². The van der Waals surface area contributed by atoms with Crippen molar-refractivity contribution in [3.05, 3.63) is 12.4 Å². The van der Waals surface area contributed by atoms with Gasteiger partial charge in [-0.3, -0.25) is 4.79 Å². The highest BCUT2D eigenvalue weighted by Crippen LogP contribution is 2.27. The van der Waals surface area contributed by atoms with E-state index in [9.17, 15) is 4.79 Å². The van der Waals surface area contributed by atoms with Crippen molar-refractivity contribution in [2.75, 3.05) is 24.3 Å². The predicted octanol–water partition coefficient (Wildman–Crippen LogP) is 1.28. The molecule has 0 spiro atoms. The van der Waals surface area contributed by atoms with Crippen LogP contribution in [0.4, 0.5) is 11.6 Å². The molecule has 1 amide bonds. The zero-order valence-corrected chi connectivity index (χ0v) is 9.60. The van der Waals surface area contributed by atoms with Crippen LogP contribution >= 0.6 is 0 Å². The van der Waals surface area contributed by atoms with Crippen molar-refractivity contribution in [1.82, 2.24) is 9.97 Å². The number of aromatic nitrogens is 2. The average molecular weight is 220 g/mol. The minimum atomic E-state index is 0.0902. The Balaban J connectivity index is 1.96. The summed E-state index contributed by atoms with van der Waals surface area (Å²) in [5.74, 6) is 0.919. The summed E-state index contributed by atoms with van der Waals surface area (Å²) in [4.78, 5) is 21.7. The Bertz CT molecular complexity index is 370. The Labute approximate surface area is 94.9 Å². The average Bonchev–Trinajstić information content (AvgIpc) is 2.15. The first-order valence-electron chi connectivity index (χ1n) is 5.47. The molecule has 1 saturated carbocycles. The van der Waals surface area contributed by atoms with Gasteiger partial charge in [0, 0.05) is 20.0 Å². The second-order valence-electron chi connectivity index (χ2n) is 4.28. The molecular weight excluding hydrogens is 204 g/mol. The third kappa shape index (κ3) is 2.29. The Morgan fingerprint density at radius 1 is 1.38 bits per heavy atom. The van der Waals surface area contributed by atoms with Crippen molar-refractivity contribution in [1.29, 1.82) is 0 Å². The highest BCUT2D eigenvalue weighted by atomic mass is 16.1. The van der Waals surface area contributed by atoms with E-state index in [1.54, 1.807) is 12.4 Å². The van der Waals surface area contributed by atoms with Crippen LogP contribution in [-0.4, -0.2) is 30.0 Å². The van der Waals surface area contributed by atoms with Crippen LogP contribution in [0.1, 0.15) is 19.3 Å². The fraction of sp³-hybridized carbons (Fsp3) is 0.545. The van der Waals surface area contributed by atoms with Gasteiger partial charge in [0.05, 0.1) is 18.1 Å². The maximum Gasteiger partial charge on any atom is 0.227 e. The highest BCUT2D eigenvalue weighted by Gasteiger charge is 2.25. The Morgan fingerprint density at radius 3 is 2.44 bits per heavy atom. The maximum atomic E-state index is 11.6. The second kappa shape index (κ2) is 4.47. The number of carbonyl (C=O) groups excluding carboxylic acids is 1. The van der Waals surface area contributed by atoms with Crippen LogP contribution in [0.2, 0.25) is 0 Å². The van der Waals surface area contributed by atoms with Gasteiger partial charge in [0.1, 0.15) is 0 Å².